The zero-order valence-corrected chi connectivity index (χ0v) is 9.79. The largest absolute Gasteiger partial charge is 0.372 e. The third-order valence-corrected chi connectivity index (χ3v) is 2.89. The Morgan fingerprint density at radius 3 is 2.41 bits per heavy atom. The molecule has 0 aliphatic rings. The van der Waals surface area contributed by atoms with Crippen LogP contribution < -0.4 is 0 Å². The summed E-state index contributed by atoms with van der Waals surface area (Å²) in [5.74, 6) is -0.327. The van der Waals surface area contributed by atoms with Crippen LogP contribution in [-0.4, -0.2) is 20.7 Å². The molecule has 2 rings (SSSR count). The number of nitrogens with zero attached hydrogens (tertiary/aromatic N) is 2. The van der Waals surface area contributed by atoms with Crippen molar-refractivity contribution in [3.8, 4) is 0 Å². The Labute approximate surface area is 99.5 Å². The summed E-state index contributed by atoms with van der Waals surface area (Å²) in [7, 11) is 1.70. The number of aromatic nitrogens is 2. The first kappa shape index (κ1) is 11.5. The summed E-state index contributed by atoms with van der Waals surface area (Å²) in [6.45, 7) is 1.38. The van der Waals surface area contributed by atoms with Crippen molar-refractivity contribution >= 4 is 5.78 Å². The Kier molecular flexibility index (Phi) is 2.81. The second-order valence-corrected chi connectivity index (χ2v) is 3.97. The molecule has 17 heavy (non-hydrogen) atoms. The lowest BCUT2D eigenvalue weighted by molar-refractivity contribution is -0.132. The van der Waals surface area contributed by atoms with Crippen molar-refractivity contribution in [1.82, 2.24) is 9.78 Å². The van der Waals surface area contributed by atoms with Crippen LogP contribution in [0, 0.1) is 0 Å². The van der Waals surface area contributed by atoms with Gasteiger partial charge in [0.1, 0.15) is 0 Å². The number of aliphatic hydroxyl groups is 1. The molecule has 1 N–H and O–H groups in total. The van der Waals surface area contributed by atoms with Gasteiger partial charge in [-0.25, -0.2) is 0 Å². The Hall–Kier alpha value is -1.94. The van der Waals surface area contributed by atoms with Gasteiger partial charge in [-0.05, 0) is 18.6 Å². The molecule has 2 aromatic rings. The molecule has 4 heteroatoms. The number of rotatable bonds is 3. The Bertz CT molecular complexity index is 533. The molecule has 1 atom stereocenters. The van der Waals surface area contributed by atoms with E-state index in [0.29, 0.717) is 11.3 Å². The van der Waals surface area contributed by atoms with E-state index in [1.54, 1.807) is 43.6 Å². The van der Waals surface area contributed by atoms with Gasteiger partial charge in [0.05, 0.1) is 5.69 Å². The molecular formula is C13H14N2O2. The summed E-state index contributed by atoms with van der Waals surface area (Å²) in [6, 6.07) is 10.5. The minimum absolute atomic E-state index is 0.327. The van der Waals surface area contributed by atoms with Gasteiger partial charge in [0.2, 0.25) is 0 Å². The third-order valence-electron chi connectivity index (χ3n) is 2.89. The quantitative estimate of drug-likeness (QED) is 0.863. The maximum Gasteiger partial charge on any atom is 0.190 e. The number of aryl methyl sites for hydroxylation is 1. The Balaban J connectivity index is 2.63. The standard InChI is InChI=1S/C13H14N2O2/c1-10(16)13(17,11-6-4-3-5-7-11)12-8-9-14-15(12)2/h3-9,17H,1-2H3. The summed E-state index contributed by atoms with van der Waals surface area (Å²) >= 11 is 0. The van der Waals surface area contributed by atoms with Crippen LogP contribution in [0.4, 0.5) is 0 Å². The van der Waals surface area contributed by atoms with E-state index in [2.05, 4.69) is 5.10 Å². The summed E-state index contributed by atoms with van der Waals surface area (Å²) in [5.41, 5.74) is -0.612. The van der Waals surface area contributed by atoms with Crippen LogP contribution in [0.2, 0.25) is 0 Å². The normalized spacial score (nSPS) is 14.3. The average Bonchev–Trinajstić information content (AvgIpc) is 2.76. The second-order valence-electron chi connectivity index (χ2n) is 3.97. The number of Topliss-reactive ketones (excluding diaryl/α,β-unsaturated/α-hetero) is 1. The fourth-order valence-electron chi connectivity index (χ4n) is 1.94. The highest BCUT2D eigenvalue weighted by Gasteiger charge is 2.39. The van der Waals surface area contributed by atoms with E-state index in [0.717, 1.165) is 0 Å². The van der Waals surface area contributed by atoms with Crippen molar-refractivity contribution in [2.45, 2.75) is 12.5 Å². The van der Waals surface area contributed by atoms with Gasteiger partial charge in [-0.1, -0.05) is 30.3 Å². The van der Waals surface area contributed by atoms with Crippen molar-refractivity contribution in [3.05, 3.63) is 53.9 Å². The number of carbonyl (C=O) groups is 1. The number of ketones is 1. The summed E-state index contributed by atoms with van der Waals surface area (Å²) < 4.78 is 1.51. The highest BCUT2D eigenvalue weighted by Crippen LogP contribution is 2.29. The fourth-order valence-corrected chi connectivity index (χ4v) is 1.94. The molecule has 4 nitrogen and oxygen atoms in total. The van der Waals surface area contributed by atoms with Gasteiger partial charge in [-0.3, -0.25) is 9.48 Å². The van der Waals surface area contributed by atoms with E-state index in [1.165, 1.54) is 11.6 Å². The minimum atomic E-state index is -1.63. The number of hydrogen-bond donors (Lipinski definition) is 1. The number of hydrogen-bond acceptors (Lipinski definition) is 3. The second kappa shape index (κ2) is 4.14. The molecule has 1 aromatic carbocycles. The first-order chi connectivity index (χ1) is 8.06. The fraction of sp³-hybridized carbons (Fsp3) is 0.231. The minimum Gasteiger partial charge on any atom is -0.372 e. The number of carbonyl (C=O) groups excluding carboxylic acids is 1. The molecule has 1 heterocycles. The highest BCUT2D eigenvalue weighted by atomic mass is 16.3. The third kappa shape index (κ3) is 1.76. The highest BCUT2D eigenvalue weighted by molar-refractivity contribution is 5.89. The number of benzene rings is 1. The molecular weight excluding hydrogens is 216 g/mol. The lowest BCUT2D eigenvalue weighted by atomic mass is 9.87. The molecule has 0 aliphatic heterocycles. The predicted octanol–water partition coefficient (Wildman–Crippen LogP) is 1.24. The summed E-state index contributed by atoms with van der Waals surface area (Å²) in [6.07, 6.45) is 1.56. The van der Waals surface area contributed by atoms with Crippen LogP contribution in [0.1, 0.15) is 18.2 Å². The van der Waals surface area contributed by atoms with Crippen molar-refractivity contribution in [1.29, 1.82) is 0 Å². The average molecular weight is 230 g/mol. The van der Waals surface area contributed by atoms with Gasteiger partial charge in [-0.15, -0.1) is 0 Å². The molecule has 1 unspecified atom stereocenters. The van der Waals surface area contributed by atoms with E-state index in [4.69, 9.17) is 0 Å². The molecule has 0 spiro atoms. The van der Waals surface area contributed by atoms with E-state index >= 15 is 0 Å². The zero-order chi connectivity index (χ0) is 12.5. The van der Waals surface area contributed by atoms with Gasteiger partial charge in [0.15, 0.2) is 11.4 Å². The van der Waals surface area contributed by atoms with Gasteiger partial charge in [0, 0.05) is 13.2 Å². The van der Waals surface area contributed by atoms with Crippen LogP contribution >= 0.6 is 0 Å². The monoisotopic (exact) mass is 230 g/mol. The molecule has 0 saturated heterocycles. The molecule has 0 saturated carbocycles. The van der Waals surface area contributed by atoms with Crippen molar-refractivity contribution in [2.75, 3.05) is 0 Å². The SMILES string of the molecule is CC(=O)C(O)(c1ccccc1)c1ccnn1C. The molecule has 88 valence electrons. The van der Waals surface area contributed by atoms with Crippen LogP contribution in [-0.2, 0) is 17.4 Å². The molecule has 0 radical (unpaired) electrons. The molecule has 0 fully saturated rings. The van der Waals surface area contributed by atoms with Crippen LogP contribution in [0.25, 0.3) is 0 Å². The zero-order valence-electron chi connectivity index (χ0n) is 9.79. The van der Waals surface area contributed by atoms with Crippen molar-refractivity contribution in [3.63, 3.8) is 0 Å². The first-order valence-electron chi connectivity index (χ1n) is 5.34. The Morgan fingerprint density at radius 1 is 1.29 bits per heavy atom. The van der Waals surface area contributed by atoms with Crippen LogP contribution in [0.15, 0.2) is 42.6 Å². The van der Waals surface area contributed by atoms with Crippen molar-refractivity contribution < 1.29 is 9.90 Å². The maximum absolute atomic E-state index is 11.8. The van der Waals surface area contributed by atoms with Gasteiger partial charge in [-0.2, -0.15) is 5.10 Å². The lowest BCUT2D eigenvalue weighted by Gasteiger charge is -2.25. The van der Waals surface area contributed by atoms with E-state index in [-0.39, 0.29) is 5.78 Å². The Morgan fingerprint density at radius 2 is 1.94 bits per heavy atom. The lowest BCUT2D eigenvalue weighted by Crippen LogP contribution is -2.37. The topological polar surface area (TPSA) is 55.1 Å². The van der Waals surface area contributed by atoms with E-state index < -0.39 is 5.60 Å². The molecule has 0 amide bonds. The molecule has 0 aliphatic carbocycles. The molecule has 1 aromatic heterocycles. The van der Waals surface area contributed by atoms with Gasteiger partial charge >= 0.3 is 0 Å². The molecule has 0 bridgehead atoms. The van der Waals surface area contributed by atoms with Crippen molar-refractivity contribution in [2.24, 2.45) is 7.05 Å². The first-order valence-corrected chi connectivity index (χ1v) is 5.34. The van der Waals surface area contributed by atoms with Gasteiger partial charge in [0.25, 0.3) is 0 Å². The summed E-state index contributed by atoms with van der Waals surface area (Å²) in [4.78, 5) is 11.8. The van der Waals surface area contributed by atoms with Crippen LogP contribution in [0.3, 0.4) is 0 Å². The van der Waals surface area contributed by atoms with Gasteiger partial charge < -0.3 is 5.11 Å². The van der Waals surface area contributed by atoms with Crippen LogP contribution in [0.5, 0.6) is 0 Å². The van der Waals surface area contributed by atoms with E-state index in [1.807, 2.05) is 6.07 Å². The van der Waals surface area contributed by atoms with E-state index in [9.17, 15) is 9.90 Å². The maximum atomic E-state index is 11.8. The smallest absolute Gasteiger partial charge is 0.190 e. The summed E-state index contributed by atoms with van der Waals surface area (Å²) in [5, 5.41) is 14.7. The predicted molar refractivity (Wildman–Crippen MR) is 63.3 cm³/mol.